The molecule has 0 bridgehead atoms. The van der Waals surface area contributed by atoms with E-state index in [1.807, 2.05) is 74.5 Å². The van der Waals surface area contributed by atoms with Gasteiger partial charge in [-0.2, -0.15) is 0 Å². The summed E-state index contributed by atoms with van der Waals surface area (Å²) >= 11 is 1.32. The van der Waals surface area contributed by atoms with Crippen LogP contribution < -0.4 is 29.3 Å². The Hall–Kier alpha value is -3.65. The lowest BCUT2D eigenvalue weighted by Crippen LogP contribution is -2.39. The standard InChI is InChI=1S/C25H23N3O4S/c1-14-22(15(2)29)23(17-6-8-18(9-7-17)27(3)4)28-24(30)21(33-25(28)26-14)12-16-5-10-19-20(11-16)32-13-31-19/h5-12,23H,13H2,1-4H3/t23-/m1/s1. The number of carbonyl (C=O) groups excluding carboxylic acids is 1. The Labute approximate surface area is 194 Å². The van der Waals surface area contributed by atoms with Crippen LogP contribution in [0.25, 0.3) is 6.08 Å². The molecule has 7 nitrogen and oxygen atoms in total. The normalized spacial score (nSPS) is 17.1. The van der Waals surface area contributed by atoms with Crippen LogP contribution in [0.5, 0.6) is 11.5 Å². The van der Waals surface area contributed by atoms with Gasteiger partial charge in [-0.25, -0.2) is 4.99 Å². The van der Waals surface area contributed by atoms with Gasteiger partial charge in [0, 0.05) is 31.1 Å². The van der Waals surface area contributed by atoms with Gasteiger partial charge in [-0.3, -0.25) is 14.2 Å². The zero-order chi connectivity index (χ0) is 23.3. The Morgan fingerprint density at radius 1 is 1.15 bits per heavy atom. The maximum atomic E-state index is 13.6. The molecule has 3 heterocycles. The lowest BCUT2D eigenvalue weighted by molar-refractivity contribution is -0.114. The molecule has 1 aromatic heterocycles. The first-order valence-electron chi connectivity index (χ1n) is 10.5. The molecule has 5 rings (SSSR count). The van der Waals surface area contributed by atoms with Gasteiger partial charge in [0.25, 0.3) is 5.56 Å². The van der Waals surface area contributed by atoms with E-state index in [1.165, 1.54) is 18.3 Å². The highest BCUT2D eigenvalue weighted by molar-refractivity contribution is 7.07. The van der Waals surface area contributed by atoms with Crippen molar-refractivity contribution in [1.29, 1.82) is 0 Å². The van der Waals surface area contributed by atoms with E-state index in [1.54, 1.807) is 4.57 Å². The number of rotatable bonds is 4. The van der Waals surface area contributed by atoms with Crippen molar-refractivity contribution in [2.45, 2.75) is 19.9 Å². The molecule has 0 N–H and O–H groups in total. The molecule has 0 amide bonds. The summed E-state index contributed by atoms with van der Waals surface area (Å²) < 4.78 is 13.0. The number of anilines is 1. The SMILES string of the molecule is CC(=O)C1=C(C)N=c2sc(=Cc3ccc4c(c3)OCO4)c(=O)n2[C@@H]1c1ccc(N(C)C)cc1. The molecular formula is C25H23N3O4S. The molecule has 0 saturated carbocycles. The molecule has 0 spiro atoms. The molecule has 0 fully saturated rings. The minimum Gasteiger partial charge on any atom is -0.454 e. The van der Waals surface area contributed by atoms with E-state index in [-0.39, 0.29) is 18.1 Å². The van der Waals surface area contributed by atoms with Crippen LogP contribution in [-0.2, 0) is 4.79 Å². The van der Waals surface area contributed by atoms with Crippen molar-refractivity contribution >= 4 is 28.9 Å². The number of Topliss-reactive ketones (excluding diaryl/α,β-unsaturated/α-hetero) is 1. The summed E-state index contributed by atoms with van der Waals surface area (Å²) in [7, 11) is 3.94. The van der Waals surface area contributed by atoms with Crippen LogP contribution in [-0.4, -0.2) is 31.2 Å². The number of allylic oxidation sites excluding steroid dienone is 2. The molecule has 3 aromatic rings. The van der Waals surface area contributed by atoms with Crippen molar-refractivity contribution in [3.63, 3.8) is 0 Å². The number of benzene rings is 2. The van der Waals surface area contributed by atoms with E-state index in [2.05, 4.69) is 4.99 Å². The predicted octanol–water partition coefficient (Wildman–Crippen LogP) is 2.62. The monoisotopic (exact) mass is 461 g/mol. The van der Waals surface area contributed by atoms with Gasteiger partial charge in [0.1, 0.15) is 0 Å². The fraction of sp³-hybridized carbons (Fsp3) is 0.240. The second kappa shape index (κ2) is 8.04. The predicted molar refractivity (Wildman–Crippen MR) is 128 cm³/mol. The number of ether oxygens (including phenoxy) is 2. The minimum absolute atomic E-state index is 0.0945. The highest BCUT2D eigenvalue weighted by atomic mass is 32.1. The first-order chi connectivity index (χ1) is 15.8. The van der Waals surface area contributed by atoms with Gasteiger partial charge in [0.2, 0.25) is 6.79 Å². The Balaban J connectivity index is 1.68. The first kappa shape index (κ1) is 21.2. The zero-order valence-electron chi connectivity index (χ0n) is 18.8. The van der Waals surface area contributed by atoms with Crippen LogP contribution in [0.1, 0.15) is 31.0 Å². The van der Waals surface area contributed by atoms with E-state index in [4.69, 9.17) is 9.47 Å². The third-order valence-corrected chi connectivity index (χ3v) is 6.80. The van der Waals surface area contributed by atoms with Gasteiger partial charge in [-0.1, -0.05) is 29.5 Å². The highest BCUT2D eigenvalue weighted by Crippen LogP contribution is 2.33. The van der Waals surface area contributed by atoms with E-state index in [9.17, 15) is 9.59 Å². The number of fused-ring (bicyclic) bond motifs is 2. The number of nitrogens with zero attached hydrogens (tertiary/aromatic N) is 3. The van der Waals surface area contributed by atoms with E-state index in [0.717, 1.165) is 16.8 Å². The van der Waals surface area contributed by atoms with Gasteiger partial charge >= 0.3 is 0 Å². The van der Waals surface area contributed by atoms with Crippen molar-refractivity contribution in [3.05, 3.63) is 84.5 Å². The Morgan fingerprint density at radius 2 is 1.88 bits per heavy atom. The average molecular weight is 462 g/mol. The van der Waals surface area contributed by atoms with Gasteiger partial charge < -0.3 is 14.4 Å². The molecule has 2 aliphatic heterocycles. The van der Waals surface area contributed by atoms with Crippen molar-refractivity contribution in [2.75, 3.05) is 25.8 Å². The Morgan fingerprint density at radius 3 is 2.58 bits per heavy atom. The Kier molecular flexibility index (Phi) is 5.17. The van der Waals surface area contributed by atoms with Gasteiger partial charge in [0.05, 0.1) is 10.6 Å². The lowest BCUT2D eigenvalue weighted by Gasteiger charge is -2.25. The van der Waals surface area contributed by atoms with Crippen molar-refractivity contribution in [2.24, 2.45) is 4.99 Å². The summed E-state index contributed by atoms with van der Waals surface area (Å²) in [5, 5.41) is 0. The molecule has 168 valence electrons. The Bertz CT molecular complexity index is 1480. The van der Waals surface area contributed by atoms with E-state index < -0.39 is 6.04 Å². The number of hydrogen-bond acceptors (Lipinski definition) is 7. The quantitative estimate of drug-likeness (QED) is 0.597. The molecule has 0 saturated heterocycles. The molecule has 0 unspecified atom stereocenters. The van der Waals surface area contributed by atoms with E-state index in [0.29, 0.717) is 32.1 Å². The average Bonchev–Trinajstić information content (AvgIpc) is 3.36. The topological polar surface area (TPSA) is 73.1 Å². The van der Waals surface area contributed by atoms with E-state index >= 15 is 0 Å². The lowest BCUT2D eigenvalue weighted by atomic mass is 9.93. The molecule has 0 aliphatic carbocycles. The molecule has 2 aliphatic rings. The van der Waals surface area contributed by atoms with Gasteiger partial charge in [-0.05, 0) is 55.3 Å². The first-order valence-corrected chi connectivity index (χ1v) is 11.4. The van der Waals surface area contributed by atoms with Crippen LogP contribution in [0.3, 0.4) is 0 Å². The molecule has 8 heteroatoms. The van der Waals surface area contributed by atoms with Crippen LogP contribution >= 0.6 is 11.3 Å². The maximum Gasteiger partial charge on any atom is 0.271 e. The van der Waals surface area contributed by atoms with Crippen LogP contribution in [0.4, 0.5) is 5.69 Å². The van der Waals surface area contributed by atoms with Gasteiger partial charge in [-0.15, -0.1) is 0 Å². The fourth-order valence-electron chi connectivity index (χ4n) is 4.20. The summed E-state index contributed by atoms with van der Waals surface area (Å²) in [6.07, 6.45) is 1.82. The zero-order valence-corrected chi connectivity index (χ0v) is 19.6. The molecular weight excluding hydrogens is 438 g/mol. The molecule has 2 aromatic carbocycles. The van der Waals surface area contributed by atoms with Crippen molar-refractivity contribution in [3.8, 4) is 11.5 Å². The second-order valence-corrected chi connectivity index (χ2v) is 9.25. The number of thiazole rings is 1. The highest BCUT2D eigenvalue weighted by Gasteiger charge is 2.30. The third-order valence-electron chi connectivity index (χ3n) is 5.82. The number of ketones is 1. The molecule has 1 atom stereocenters. The summed E-state index contributed by atoms with van der Waals surface area (Å²) in [5.74, 6) is 1.25. The van der Waals surface area contributed by atoms with Crippen molar-refractivity contribution in [1.82, 2.24) is 4.57 Å². The summed E-state index contributed by atoms with van der Waals surface area (Å²) in [4.78, 5) is 33.4. The van der Waals surface area contributed by atoms with Crippen LogP contribution in [0.2, 0.25) is 0 Å². The summed E-state index contributed by atoms with van der Waals surface area (Å²) in [6, 6.07) is 13.0. The summed E-state index contributed by atoms with van der Waals surface area (Å²) in [6.45, 7) is 3.55. The van der Waals surface area contributed by atoms with Crippen molar-refractivity contribution < 1.29 is 14.3 Å². The fourth-order valence-corrected chi connectivity index (χ4v) is 5.24. The summed E-state index contributed by atoms with van der Waals surface area (Å²) in [5.41, 5.74) is 3.74. The minimum atomic E-state index is -0.520. The maximum absolute atomic E-state index is 13.6. The van der Waals surface area contributed by atoms with Crippen LogP contribution in [0, 0.1) is 0 Å². The molecule has 0 radical (unpaired) electrons. The van der Waals surface area contributed by atoms with Gasteiger partial charge in [0.15, 0.2) is 22.1 Å². The number of hydrogen-bond donors (Lipinski definition) is 0. The van der Waals surface area contributed by atoms with Crippen LogP contribution in [0.15, 0.2) is 63.5 Å². The third kappa shape index (κ3) is 3.66. The smallest absolute Gasteiger partial charge is 0.271 e. The number of carbonyl (C=O) groups is 1. The largest absolute Gasteiger partial charge is 0.454 e. The molecule has 33 heavy (non-hydrogen) atoms. The second-order valence-electron chi connectivity index (χ2n) is 8.24. The number of aromatic nitrogens is 1.